The van der Waals surface area contributed by atoms with Crippen molar-refractivity contribution in [2.75, 3.05) is 20.7 Å². The van der Waals surface area contributed by atoms with Gasteiger partial charge in [-0.3, -0.25) is 15.0 Å². The molecule has 0 spiro atoms. The van der Waals surface area contributed by atoms with Crippen molar-refractivity contribution < 1.29 is 17.5 Å². The Bertz CT molecular complexity index is 1410. The number of nitrogens with two attached hydrogens (primary N) is 1. The van der Waals surface area contributed by atoms with Gasteiger partial charge in [0.25, 0.3) is 0 Å². The van der Waals surface area contributed by atoms with Crippen molar-refractivity contribution in [3.8, 4) is 5.75 Å². The highest BCUT2D eigenvalue weighted by Gasteiger charge is 2.48. The summed E-state index contributed by atoms with van der Waals surface area (Å²) in [5.41, 5.74) is 7.46. The Hall–Kier alpha value is -3.11. The quantitative estimate of drug-likeness (QED) is 0.608. The molecule has 3 heterocycles. The summed E-state index contributed by atoms with van der Waals surface area (Å²) in [7, 11) is -0.734. The van der Waals surface area contributed by atoms with Gasteiger partial charge in [-0.2, -0.15) is 0 Å². The van der Waals surface area contributed by atoms with Crippen LogP contribution in [0.1, 0.15) is 37.6 Å². The molecule has 0 radical (unpaired) electrons. The van der Waals surface area contributed by atoms with Crippen molar-refractivity contribution >= 4 is 26.8 Å². The maximum Gasteiger partial charge on any atom is 0.226 e. The number of hydrogen-bond acceptors (Lipinski definition) is 7. The zero-order valence-corrected chi connectivity index (χ0v) is 20.6. The Balaban J connectivity index is 1.78. The largest absolute Gasteiger partial charge is 0.495 e. The van der Waals surface area contributed by atoms with Crippen LogP contribution in [0.25, 0.3) is 10.9 Å². The lowest BCUT2D eigenvalue weighted by Gasteiger charge is -2.29. The first-order valence-electron chi connectivity index (χ1n) is 10.8. The monoisotopic (exact) mass is 485 g/mol. The van der Waals surface area contributed by atoms with Crippen LogP contribution in [0.2, 0.25) is 0 Å². The highest BCUT2D eigenvalue weighted by molar-refractivity contribution is 7.91. The van der Waals surface area contributed by atoms with E-state index in [1.54, 1.807) is 38.6 Å². The fraction of sp³-hybridized carbons (Fsp3) is 0.375. The van der Waals surface area contributed by atoms with E-state index in [1.165, 1.54) is 31.3 Å². The van der Waals surface area contributed by atoms with Crippen LogP contribution in [0.4, 0.5) is 4.39 Å². The maximum absolute atomic E-state index is 15.1. The van der Waals surface area contributed by atoms with E-state index in [0.29, 0.717) is 12.2 Å². The van der Waals surface area contributed by atoms with Crippen LogP contribution in [-0.4, -0.2) is 54.0 Å². The number of benzene rings is 1. The molecule has 1 aliphatic rings. The predicted octanol–water partition coefficient (Wildman–Crippen LogP) is 2.99. The number of rotatable bonds is 4. The highest BCUT2D eigenvalue weighted by Crippen LogP contribution is 2.36. The highest BCUT2D eigenvalue weighted by atomic mass is 32.2. The second-order valence-electron chi connectivity index (χ2n) is 9.24. The Morgan fingerprint density at radius 3 is 2.62 bits per heavy atom. The minimum absolute atomic E-state index is 0.0479. The predicted molar refractivity (Wildman–Crippen MR) is 130 cm³/mol. The molecule has 8 nitrogen and oxygen atoms in total. The van der Waals surface area contributed by atoms with Crippen LogP contribution in [0.3, 0.4) is 0 Å². The molecule has 0 fully saturated rings. The van der Waals surface area contributed by atoms with Crippen LogP contribution in [0.15, 0.2) is 47.7 Å². The molecule has 1 aromatic carbocycles. The first-order valence-corrected chi connectivity index (χ1v) is 12.2. The van der Waals surface area contributed by atoms with Crippen LogP contribution < -0.4 is 10.5 Å². The zero-order valence-electron chi connectivity index (χ0n) is 19.8. The minimum Gasteiger partial charge on any atom is -0.495 e. The number of halogens is 1. The van der Waals surface area contributed by atoms with Gasteiger partial charge in [0.15, 0.2) is 0 Å². The number of aliphatic imine (C=N–C) groups is 1. The third-order valence-corrected chi connectivity index (χ3v) is 8.89. The molecule has 2 N–H and O–H groups in total. The lowest BCUT2D eigenvalue weighted by atomic mass is 9.89. The normalized spacial score (nSPS) is 22.2. The summed E-state index contributed by atoms with van der Waals surface area (Å²) in [6.45, 7) is 4.65. The van der Waals surface area contributed by atoms with E-state index < -0.39 is 26.1 Å². The summed E-state index contributed by atoms with van der Waals surface area (Å²) in [6.07, 6.45) is 3.73. The fourth-order valence-electron chi connectivity index (χ4n) is 4.25. The van der Waals surface area contributed by atoms with Crippen LogP contribution in [0.5, 0.6) is 5.75 Å². The van der Waals surface area contributed by atoms with Gasteiger partial charge in [0.05, 0.1) is 24.5 Å². The van der Waals surface area contributed by atoms with Gasteiger partial charge >= 0.3 is 0 Å². The first-order chi connectivity index (χ1) is 15.9. The summed E-state index contributed by atoms with van der Waals surface area (Å²) in [5, 5.41) is 0.883. The van der Waals surface area contributed by atoms with Crippen LogP contribution in [-0.2, 0) is 22.0 Å². The third-order valence-electron chi connectivity index (χ3n) is 6.44. The molecular formula is C24H28FN5O3S. The summed E-state index contributed by atoms with van der Waals surface area (Å²) in [6, 6.07) is 8.49. The van der Waals surface area contributed by atoms with E-state index in [2.05, 4.69) is 15.0 Å². The third kappa shape index (κ3) is 3.90. The smallest absolute Gasteiger partial charge is 0.226 e. The van der Waals surface area contributed by atoms with Gasteiger partial charge in [0.2, 0.25) is 10.0 Å². The van der Waals surface area contributed by atoms with Crippen molar-refractivity contribution in [3.05, 3.63) is 65.4 Å². The average Bonchev–Trinajstić information content (AvgIpc) is 2.83. The molecule has 1 aliphatic heterocycles. The molecule has 3 aromatic rings. The molecule has 0 unspecified atom stereocenters. The van der Waals surface area contributed by atoms with Gasteiger partial charge < -0.3 is 10.5 Å². The van der Waals surface area contributed by atoms with Gasteiger partial charge in [0.1, 0.15) is 27.7 Å². The Labute approximate surface area is 198 Å². The van der Waals surface area contributed by atoms with Gasteiger partial charge in [-0.15, -0.1) is 0 Å². The second kappa shape index (κ2) is 8.28. The number of likely N-dealkylation sites (N-methyl/N-ethyl adjacent to an activating group) is 1. The van der Waals surface area contributed by atoms with Gasteiger partial charge in [-0.1, -0.05) is 12.1 Å². The van der Waals surface area contributed by atoms with Crippen molar-refractivity contribution in [2.24, 2.45) is 10.7 Å². The van der Waals surface area contributed by atoms with Gasteiger partial charge in [0, 0.05) is 37.2 Å². The molecule has 10 heteroatoms. The first kappa shape index (κ1) is 24.0. The van der Waals surface area contributed by atoms with Gasteiger partial charge in [-0.25, -0.2) is 17.1 Å². The number of nitrogens with zero attached hydrogens (tertiary/aromatic N) is 4. The lowest BCUT2D eigenvalue weighted by Crippen LogP contribution is -2.50. The lowest BCUT2D eigenvalue weighted by molar-refractivity contribution is 0.354. The average molecular weight is 486 g/mol. The number of pyridine rings is 2. The summed E-state index contributed by atoms with van der Waals surface area (Å²) in [4.78, 5) is 13.5. The molecule has 1 atom stereocenters. The molecule has 0 saturated carbocycles. The number of sulfonamides is 1. The Morgan fingerprint density at radius 1 is 1.18 bits per heavy atom. The van der Waals surface area contributed by atoms with Crippen molar-refractivity contribution in [1.82, 2.24) is 14.3 Å². The Morgan fingerprint density at radius 2 is 1.91 bits per heavy atom. The van der Waals surface area contributed by atoms with E-state index in [9.17, 15) is 8.42 Å². The number of hydrogen-bond donors (Lipinski definition) is 1. The number of amidine groups is 1. The van der Waals surface area contributed by atoms with E-state index in [-0.39, 0.29) is 17.9 Å². The summed E-state index contributed by atoms with van der Waals surface area (Å²) in [5.74, 6) is 0.104. The van der Waals surface area contributed by atoms with E-state index in [1.807, 2.05) is 12.1 Å². The molecule has 0 amide bonds. The molecule has 0 bridgehead atoms. The number of methoxy groups -OCH3 is 1. The van der Waals surface area contributed by atoms with E-state index >= 15 is 4.39 Å². The standard InChI is InChI=1S/C24H28FN5O3S/c1-23(2)22(26)29-24(3,14-30(4)34(23,31)32)18-10-15(6-7-19(18)25)11-20-21-16(8-9-27-20)12-17(33-5)13-28-21/h6-10,12-13H,11,14H2,1-5H3,(H2,26,29)/t24-/m0/s1. The molecule has 4 rings (SSSR count). The minimum atomic E-state index is -3.78. The number of fused-ring (bicyclic) bond motifs is 1. The van der Waals surface area contributed by atoms with Crippen molar-refractivity contribution in [1.29, 1.82) is 0 Å². The molecule has 0 aliphatic carbocycles. The van der Waals surface area contributed by atoms with Crippen molar-refractivity contribution in [3.63, 3.8) is 0 Å². The van der Waals surface area contributed by atoms with Gasteiger partial charge in [-0.05, 0) is 44.5 Å². The Kier molecular flexibility index (Phi) is 5.85. The van der Waals surface area contributed by atoms with Crippen molar-refractivity contribution in [2.45, 2.75) is 37.5 Å². The molecule has 34 heavy (non-hydrogen) atoms. The zero-order chi connectivity index (χ0) is 24.9. The van der Waals surface area contributed by atoms with Crippen LogP contribution >= 0.6 is 0 Å². The molecular weight excluding hydrogens is 457 g/mol. The summed E-state index contributed by atoms with van der Waals surface area (Å²) < 4.78 is 46.2. The fourth-order valence-corrected chi connectivity index (χ4v) is 5.76. The van der Waals surface area contributed by atoms with E-state index in [0.717, 1.165) is 22.2 Å². The molecule has 2 aromatic heterocycles. The SMILES string of the molecule is COc1cnc2c(Cc3ccc(F)c([C@]4(C)CN(C)S(=O)(=O)C(C)(C)C(N)=N4)c3)nccc2c1. The van der Waals surface area contributed by atoms with Crippen LogP contribution in [0, 0.1) is 5.82 Å². The maximum atomic E-state index is 15.1. The number of ether oxygens (including phenoxy) is 1. The number of aromatic nitrogens is 2. The summed E-state index contributed by atoms with van der Waals surface area (Å²) >= 11 is 0. The topological polar surface area (TPSA) is 111 Å². The molecule has 180 valence electrons. The molecule has 0 saturated heterocycles. The van der Waals surface area contributed by atoms with E-state index in [4.69, 9.17) is 10.5 Å². The second-order valence-corrected chi connectivity index (χ2v) is 11.8.